The summed E-state index contributed by atoms with van der Waals surface area (Å²) in [5, 5.41) is 12.6. The van der Waals surface area contributed by atoms with Gasteiger partial charge in [-0.15, -0.1) is 0 Å². The molecule has 1 aromatic rings. The van der Waals surface area contributed by atoms with Gasteiger partial charge in [0.15, 0.2) is 0 Å². The van der Waals surface area contributed by atoms with Crippen molar-refractivity contribution in [2.24, 2.45) is 5.41 Å². The van der Waals surface area contributed by atoms with Crippen molar-refractivity contribution in [2.75, 3.05) is 0 Å². The number of aliphatic carboxylic acids is 1. The van der Waals surface area contributed by atoms with Crippen molar-refractivity contribution in [3.63, 3.8) is 0 Å². The van der Waals surface area contributed by atoms with Crippen molar-refractivity contribution < 1.29 is 14.4 Å². The minimum Gasteiger partial charge on any atom is -0.481 e. The summed E-state index contributed by atoms with van der Waals surface area (Å²) in [6, 6.07) is 1.75. The molecule has 0 saturated heterocycles. The van der Waals surface area contributed by atoms with E-state index in [2.05, 4.69) is 5.16 Å². The fraction of sp³-hybridized carbons (Fsp3) is 0.556. The normalized spacial score (nSPS) is 11.6. The minimum absolute atomic E-state index is 0.389. The fourth-order valence-electron chi connectivity index (χ4n) is 1.03. The van der Waals surface area contributed by atoms with Gasteiger partial charge in [-0.1, -0.05) is 5.16 Å². The van der Waals surface area contributed by atoms with Gasteiger partial charge in [0.25, 0.3) is 0 Å². The number of aromatic nitrogens is 1. The monoisotopic (exact) mass is 183 g/mol. The van der Waals surface area contributed by atoms with Crippen LogP contribution in [0.15, 0.2) is 10.6 Å². The Kier molecular flexibility index (Phi) is 2.40. The number of carboxylic acid groups (broad SMARTS) is 1. The summed E-state index contributed by atoms with van der Waals surface area (Å²) in [7, 11) is 0. The highest BCUT2D eigenvalue weighted by atomic mass is 16.5. The molecule has 0 saturated carbocycles. The molecule has 0 spiro atoms. The average Bonchev–Trinajstić information content (AvgIpc) is 2.34. The summed E-state index contributed by atoms with van der Waals surface area (Å²) in [5.41, 5.74) is -0.103. The third kappa shape index (κ3) is 2.31. The molecule has 0 aromatic carbocycles. The summed E-state index contributed by atoms with van der Waals surface area (Å²) in [5.74, 6) is -0.121. The van der Waals surface area contributed by atoms with Gasteiger partial charge < -0.3 is 9.63 Å². The number of carboxylic acids is 1. The number of hydrogen-bond donors (Lipinski definition) is 1. The molecular formula is C9H13NO3. The molecule has 1 aromatic heterocycles. The first kappa shape index (κ1) is 9.77. The zero-order valence-corrected chi connectivity index (χ0v) is 8.00. The lowest BCUT2D eigenvalue weighted by Crippen LogP contribution is -2.26. The van der Waals surface area contributed by atoms with E-state index >= 15 is 0 Å². The third-order valence-electron chi connectivity index (χ3n) is 1.88. The van der Waals surface area contributed by atoms with Crippen molar-refractivity contribution in [2.45, 2.75) is 27.2 Å². The molecule has 0 fully saturated rings. The van der Waals surface area contributed by atoms with Gasteiger partial charge in [-0.2, -0.15) is 0 Å². The van der Waals surface area contributed by atoms with Crippen LogP contribution in [0.25, 0.3) is 0 Å². The molecule has 0 aliphatic heterocycles. The van der Waals surface area contributed by atoms with Crippen LogP contribution in [0.5, 0.6) is 0 Å². The van der Waals surface area contributed by atoms with Crippen molar-refractivity contribution >= 4 is 5.97 Å². The Morgan fingerprint density at radius 1 is 1.69 bits per heavy atom. The Hall–Kier alpha value is -1.32. The lowest BCUT2D eigenvalue weighted by atomic mass is 9.88. The average molecular weight is 183 g/mol. The molecule has 4 nitrogen and oxygen atoms in total. The Labute approximate surface area is 76.5 Å². The zero-order valence-electron chi connectivity index (χ0n) is 8.00. The van der Waals surface area contributed by atoms with Crippen LogP contribution in [0.4, 0.5) is 0 Å². The van der Waals surface area contributed by atoms with Crippen molar-refractivity contribution in [3.8, 4) is 0 Å². The first-order valence-electron chi connectivity index (χ1n) is 4.07. The number of hydrogen-bond acceptors (Lipinski definition) is 3. The predicted molar refractivity (Wildman–Crippen MR) is 46.4 cm³/mol. The Bertz CT molecular complexity index is 314. The highest BCUT2D eigenvalue weighted by Gasteiger charge is 2.28. The van der Waals surface area contributed by atoms with Crippen LogP contribution >= 0.6 is 0 Å². The molecule has 72 valence electrons. The summed E-state index contributed by atoms with van der Waals surface area (Å²) < 4.78 is 4.85. The second kappa shape index (κ2) is 3.20. The van der Waals surface area contributed by atoms with Crippen molar-refractivity contribution in [1.29, 1.82) is 0 Å². The number of rotatable bonds is 3. The first-order chi connectivity index (χ1) is 5.92. The molecule has 1 rings (SSSR count). The number of nitrogens with zero attached hydrogens (tertiary/aromatic N) is 1. The Morgan fingerprint density at radius 3 is 2.69 bits per heavy atom. The number of aryl methyl sites for hydroxylation is 1. The molecule has 0 bridgehead atoms. The van der Waals surface area contributed by atoms with E-state index in [4.69, 9.17) is 9.63 Å². The van der Waals surface area contributed by atoms with Crippen LogP contribution < -0.4 is 0 Å². The topological polar surface area (TPSA) is 63.3 Å². The van der Waals surface area contributed by atoms with E-state index in [9.17, 15) is 4.79 Å². The van der Waals surface area contributed by atoms with Gasteiger partial charge in [0.2, 0.25) is 0 Å². The molecule has 0 aliphatic rings. The maximum absolute atomic E-state index is 10.8. The second-order valence-electron chi connectivity index (χ2n) is 3.79. The highest BCUT2D eigenvalue weighted by molar-refractivity contribution is 5.73. The predicted octanol–water partition coefficient (Wildman–Crippen LogP) is 1.64. The van der Waals surface area contributed by atoms with E-state index in [0.29, 0.717) is 17.9 Å². The van der Waals surface area contributed by atoms with Gasteiger partial charge in [-0.25, -0.2) is 0 Å². The molecule has 0 amide bonds. The third-order valence-corrected chi connectivity index (χ3v) is 1.88. The first-order valence-corrected chi connectivity index (χ1v) is 4.07. The van der Waals surface area contributed by atoms with E-state index in [1.54, 1.807) is 26.8 Å². The van der Waals surface area contributed by atoms with Crippen LogP contribution in [0.2, 0.25) is 0 Å². The van der Waals surface area contributed by atoms with Gasteiger partial charge in [0, 0.05) is 12.5 Å². The molecule has 0 unspecified atom stereocenters. The van der Waals surface area contributed by atoms with Gasteiger partial charge >= 0.3 is 5.97 Å². The number of carbonyl (C=O) groups is 1. The molecule has 0 atom stereocenters. The van der Waals surface area contributed by atoms with Crippen LogP contribution in [-0.2, 0) is 11.2 Å². The maximum atomic E-state index is 10.8. The molecule has 1 heterocycles. The summed E-state index contributed by atoms with van der Waals surface area (Å²) in [6.45, 7) is 5.11. The van der Waals surface area contributed by atoms with Gasteiger partial charge in [-0.3, -0.25) is 4.79 Å². The summed E-state index contributed by atoms with van der Waals surface area (Å²) in [6.07, 6.45) is 0.389. The second-order valence-corrected chi connectivity index (χ2v) is 3.79. The summed E-state index contributed by atoms with van der Waals surface area (Å²) in [4.78, 5) is 10.8. The molecule has 0 aliphatic carbocycles. The smallest absolute Gasteiger partial charge is 0.309 e. The van der Waals surface area contributed by atoms with E-state index in [1.807, 2.05) is 0 Å². The molecule has 4 heteroatoms. The van der Waals surface area contributed by atoms with Crippen LogP contribution in [0.3, 0.4) is 0 Å². The fourth-order valence-corrected chi connectivity index (χ4v) is 1.03. The van der Waals surface area contributed by atoms with E-state index < -0.39 is 11.4 Å². The van der Waals surface area contributed by atoms with Gasteiger partial charge in [0.1, 0.15) is 5.76 Å². The van der Waals surface area contributed by atoms with E-state index in [0.717, 1.165) is 0 Å². The van der Waals surface area contributed by atoms with Crippen LogP contribution in [-0.4, -0.2) is 16.2 Å². The van der Waals surface area contributed by atoms with Gasteiger partial charge in [-0.05, 0) is 20.8 Å². The Balaban J connectivity index is 2.74. The molecular weight excluding hydrogens is 170 g/mol. The molecule has 0 radical (unpaired) electrons. The lowest BCUT2D eigenvalue weighted by molar-refractivity contribution is -0.146. The maximum Gasteiger partial charge on any atom is 0.309 e. The molecule has 1 N–H and O–H groups in total. The van der Waals surface area contributed by atoms with Gasteiger partial charge in [0.05, 0.1) is 11.1 Å². The standard InChI is InChI=1S/C9H13NO3/c1-6-4-7(10-13-6)5-9(2,3)8(11)12/h4H,5H2,1-3H3,(H,11,12). The minimum atomic E-state index is -0.826. The largest absolute Gasteiger partial charge is 0.481 e. The summed E-state index contributed by atoms with van der Waals surface area (Å²) >= 11 is 0. The van der Waals surface area contributed by atoms with E-state index in [1.165, 1.54) is 0 Å². The Morgan fingerprint density at radius 2 is 2.31 bits per heavy atom. The van der Waals surface area contributed by atoms with Crippen molar-refractivity contribution in [1.82, 2.24) is 5.16 Å². The molecule has 13 heavy (non-hydrogen) atoms. The van der Waals surface area contributed by atoms with Crippen molar-refractivity contribution in [3.05, 3.63) is 17.5 Å². The van der Waals surface area contributed by atoms with E-state index in [-0.39, 0.29) is 0 Å². The highest BCUT2D eigenvalue weighted by Crippen LogP contribution is 2.21. The lowest BCUT2D eigenvalue weighted by Gasteiger charge is -2.16. The van der Waals surface area contributed by atoms with Crippen LogP contribution in [0.1, 0.15) is 25.3 Å². The SMILES string of the molecule is Cc1cc(CC(C)(C)C(=O)O)no1. The van der Waals surface area contributed by atoms with Crippen LogP contribution in [0, 0.1) is 12.3 Å². The quantitative estimate of drug-likeness (QED) is 0.773. The zero-order chi connectivity index (χ0) is 10.1.